The van der Waals surface area contributed by atoms with Gasteiger partial charge in [0, 0.05) is 41.9 Å². The van der Waals surface area contributed by atoms with E-state index < -0.39 is 11.8 Å². The number of hydrogen-bond donors (Lipinski definition) is 3. The third-order valence-corrected chi connectivity index (χ3v) is 6.17. The van der Waals surface area contributed by atoms with Gasteiger partial charge in [-0.15, -0.1) is 0 Å². The molecule has 0 saturated heterocycles. The topological polar surface area (TPSA) is 94.6 Å². The Hall–Kier alpha value is -2.35. The van der Waals surface area contributed by atoms with Crippen molar-refractivity contribution < 1.29 is 14.7 Å². The van der Waals surface area contributed by atoms with Gasteiger partial charge in [-0.2, -0.15) is 0 Å². The Morgan fingerprint density at radius 3 is 2.71 bits per heavy atom. The fraction of sp³-hybridized carbons (Fsp3) is 0.450. The van der Waals surface area contributed by atoms with Gasteiger partial charge in [-0.3, -0.25) is 9.78 Å². The molecule has 3 rings (SSSR count). The van der Waals surface area contributed by atoms with Crippen LogP contribution >= 0.6 is 15.9 Å². The summed E-state index contributed by atoms with van der Waals surface area (Å²) < 4.78 is 0.806. The SMILES string of the molecule is CN(C(=O)O)[C@H]1CC[C@H](CC(=O)NC2(c3ccncc3Br)C=CC=CN2)CC1. The zero-order valence-electron chi connectivity index (χ0n) is 15.8. The van der Waals surface area contributed by atoms with Gasteiger partial charge in [0.25, 0.3) is 0 Å². The molecular formula is C20H25BrN4O3. The van der Waals surface area contributed by atoms with Crippen LogP contribution < -0.4 is 10.6 Å². The summed E-state index contributed by atoms with van der Waals surface area (Å²) in [6.45, 7) is 0. The molecule has 0 aromatic carbocycles. The van der Waals surface area contributed by atoms with Crippen LogP contribution in [0.1, 0.15) is 37.7 Å². The molecule has 28 heavy (non-hydrogen) atoms. The van der Waals surface area contributed by atoms with Gasteiger partial charge in [-0.1, -0.05) is 6.08 Å². The van der Waals surface area contributed by atoms with Crippen molar-refractivity contribution in [2.24, 2.45) is 5.92 Å². The summed E-state index contributed by atoms with van der Waals surface area (Å²) in [6.07, 6.45) is 13.7. The Morgan fingerprint density at radius 1 is 1.36 bits per heavy atom. The maximum atomic E-state index is 12.8. The molecule has 1 aliphatic carbocycles. The number of pyridine rings is 1. The molecule has 0 spiro atoms. The van der Waals surface area contributed by atoms with Crippen molar-refractivity contribution in [3.8, 4) is 0 Å². The predicted molar refractivity (Wildman–Crippen MR) is 109 cm³/mol. The van der Waals surface area contributed by atoms with Gasteiger partial charge < -0.3 is 20.6 Å². The first kappa shape index (κ1) is 20.4. The van der Waals surface area contributed by atoms with Crippen LogP contribution in [-0.2, 0) is 10.5 Å². The zero-order chi connectivity index (χ0) is 20.1. The van der Waals surface area contributed by atoms with Gasteiger partial charge in [0.1, 0.15) is 0 Å². The van der Waals surface area contributed by atoms with Crippen LogP contribution in [0.4, 0.5) is 4.79 Å². The highest BCUT2D eigenvalue weighted by atomic mass is 79.9. The van der Waals surface area contributed by atoms with Crippen molar-refractivity contribution in [1.82, 2.24) is 20.5 Å². The summed E-state index contributed by atoms with van der Waals surface area (Å²) in [5, 5.41) is 15.5. The van der Waals surface area contributed by atoms with E-state index in [1.165, 1.54) is 4.90 Å². The van der Waals surface area contributed by atoms with E-state index in [0.29, 0.717) is 6.42 Å². The van der Waals surface area contributed by atoms with Crippen molar-refractivity contribution in [1.29, 1.82) is 0 Å². The number of rotatable bonds is 5. The number of dihydropyridines is 1. The first-order chi connectivity index (χ1) is 13.4. The fourth-order valence-electron chi connectivity index (χ4n) is 3.92. The largest absolute Gasteiger partial charge is 0.465 e. The van der Waals surface area contributed by atoms with Crippen LogP contribution in [-0.4, -0.2) is 40.1 Å². The molecule has 1 saturated carbocycles. The average Bonchev–Trinajstić information content (AvgIpc) is 2.69. The van der Waals surface area contributed by atoms with Crippen molar-refractivity contribution in [2.45, 2.75) is 43.8 Å². The third kappa shape index (κ3) is 4.55. The molecule has 150 valence electrons. The molecule has 1 atom stereocenters. The van der Waals surface area contributed by atoms with E-state index in [9.17, 15) is 9.59 Å². The van der Waals surface area contributed by atoms with E-state index >= 15 is 0 Å². The first-order valence-electron chi connectivity index (χ1n) is 9.40. The molecule has 2 aliphatic rings. The maximum Gasteiger partial charge on any atom is 0.407 e. The molecule has 3 N–H and O–H groups in total. The number of carboxylic acid groups (broad SMARTS) is 1. The number of amides is 2. The Labute approximate surface area is 173 Å². The first-order valence-corrected chi connectivity index (χ1v) is 10.2. The normalized spacial score (nSPS) is 26.4. The minimum absolute atomic E-state index is 0.0359. The Kier molecular flexibility index (Phi) is 6.39. The average molecular weight is 449 g/mol. The summed E-state index contributed by atoms with van der Waals surface area (Å²) in [6, 6.07) is 1.91. The predicted octanol–water partition coefficient (Wildman–Crippen LogP) is 3.34. The lowest BCUT2D eigenvalue weighted by Crippen LogP contribution is -2.54. The van der Waals surface area contributed by atoms with Crippen LogP contribution in [0.3, 0.4) is 0 Å². The minimum Gasteiger partial charge on any atom is -0.465 e. The summed E-state index contributed by atoms with van der Waals surface area (Å²) in [7, 11) is 1.62. The zero-order valence-corrected chi connectivity index (χ0v) is 17.4. The Morgan fingerprint density at radius 2 is 2.11 bits per heavy atom. The number of halogens is 1. The second-order valence-corrected chi connectivity index (χ2v) is 8.20. The minimum atomic E-state index is -0.894. The summed E-state index contributed by atoms with van der Waals surface area (Å²) in [4.78, 5) is 29.4. The van der Waals surface area contributed by atoms with Gasteiger partial charge in [-0.05, 0) is 71.9 Å². The summed E-state index contributed by atoms with van der Waals surface area (Å²) in [5.74, 6) is 0.227. The molecule has 1 aromatic heterocycles. The van der Waals surface area contributed by atoms with Gasteiger partial charge in [0.2, 0.25) is 5.91 Å². The Bertz CT molecular complexity index is 789. The van der Waals surface area contributed by atoms with E-state index in [1.807, 2.05) is 24.3 Å². The van der Waals surface area contributed by atoms with Gasteiger partial charge >= 0.3 is 6.09 Å². The van der Waals surface area contributed by atoms with E-state index in [0.717, 1.165) is 35.7 Å². The lowest BCUT2D eigenvalue weighted by atomic mass is 9.83. The van der Waals surface area contributed by atoms with Crippen LogP contribution in [0.15, 0.2) is 47.4 Å². The van der Waals surface area contributed by atoms with E-state index in [2.05, 4.69) is 31.5 Å². The fourth-order valence-corrected chi connectivity index (χ4v) is 4.48. The van der Waals surface area contributed by atoms with Gasteiger partial charge in [0.15, 0.2) is 5.66 Å². The van der Waals surface area contributed by atoms with Crippen molar-refractivity contribution in [2.75, 3.05) is 7.05 Å². The summed E-state index contributed by atoms with van der Waals surface area (Å²) >= 11 is 3.52. The Balaban J connectivity index is 1.63. The molecule has 2 heterocycles. The highest BCUT2D eigenvalue weighted by molar-refractivity contribution is 9.10. The van der Waals surface area contributed by atoms with Crippen LogP contribution in [0.25, 0.3) is 0 Å². The monoisotopic (exact) mass is 448 g/mol. The van der Waals surface area contributed by atoms with Gasteiger partial charge in [0.05, 0.1) is 0 Å². The lowest BCUT2D eigenvalue weighted by molar-refractivity contribution is -0.124. The van der Waals surface area contributed by atoms with Crippen LogP contribution in [0.2, 0.25) is 0 Å². The number of nitrogens with zero attached hydrogens (tertiary/aromatic N) is 2. The van der Waals surface area contributed by atoms with Gasteiger partial charge in [-0.25, -0.2) is 4.79 Å². The third-order valence-electron chi connectivity index (χ3n) is 5.54. The molecule has 0 radical (unpaired) electrons. The molecule has 1 aromatic rings. The number of allylic oxidation sites excluding steroid dienone is 2. The number of hydrogen-bond acceptors (Lipinski definition) is 4. The molecule has 8 heteroatoms. The second-order valence-electron chi connectivity index (χ2n) is 7.35. The maximum absolute atomic E-state index is 12.8. The molecular weight excluding hydrogens is 424 g/mol. The van der Waals surface area contributed by atoms with E-state index in [4.69, 9.17) is 5.11 Å². The van der Waals surface area contributed by atoms with Crippen molar-refractivity contribution in [3.63, 3.8) is 0 Å². The molecule has 1 unspecified atom stereocenters. The number of aromatic nitrogens is 1. The lowest BCUT2D eigenvalue weighted by Gasteiger charge is -2.36. The van der Waals surface area contributed by atoms with Crippen LogP contribution in [0.5, 0.6) is 0 Å². The van der Waals surface area contributed by atoms with E-state index in [-0.39, 0.29) is 17.9 Å². The quantitative estimate of drug-likeness (QED) is 0.641. The molecule has 1 fully saturated rings. The number of carbonyl (C=O) groups excluding carboxylic acids is 1. The molecule has 2 amide bonds. The molecule has 0 bridgehead atoms. The summed E-state index contributed by atoms with van der Waals surface area (Å²) in [5.41, 5.74) is 0.0529. The standard InChI is InChI=1S/C20H25BrN4O3/c1-25(19(27)28)15-6-4-14(5-7-15)12-18(26)24-20(9-2-3-10-23-20)16-8-11-22-13-17(16)21/h2-3,8-11,13-15,23H,4-7,12H2,1H3,(H,24,26)(H,27,28)/t14-,15-,20?. The van der Waals surface area contributed by atoms with Crippen molar-refractivity contribution >= 4 is 27.9 Å². The molecule has 1 aliphatic heterocycles. The van der Waals surface area contributed by atoms with Crippen molar-refractivity contribution in [3.05, 3.63) is 52.9 Å². The highest BCUT2D eigenvalue weighted by Crippen LogP contribution is 2.31. The number of carbonyl (C=O) groups is 2. The highest BCUT2D eigenvalue weighted by Gasteiger charge is 2.34. The van der Waals surface area contributed by atoms with E-state index in [1.54, 1.807) is 25.6 Å². The second kappa shape index (κ2) is 8.77. The van der Waals surface area contributed by atoms with Crippen LogP contribution in [0, 0.1) is 5.92 Å². The number of nitrogens with one attached hydrogen (secondary N) is 2. The smallest absolute Gasteiger partial charge is 0.407 e. The molecule has 7 nitrogen and oxygen atoms in total.